The molecule has 150 valence electrons. The summed E-state index contributed by atoms with van der Waals surface area (Å²) in [7, 11) is -3.60. The summed E-state index contributed by atoms with van der Waals surface area (Å²) in [5.74, 6) is -0.947. The molecule has 1 aliphatic rings. The summed E-state index contributed by atoms with van der Waals surface area (Å²) >= 11 is 0. The van der Waals surface area contributed by atoms with E-state index in [4.69, 9.17) is 5.73 Å². The van der Waals surface area contributed by atoms with Gasteiger partial charge >= 0.3 is 0 Å². The Morgan fingerprint density at radius 2 is 1.81 bits per heavy atom. The first-order valence-electron chi connectivity index (χ1n) is 9.35. The zero-order chi connectivity index (χ0) is 20.4. The summed E-state index contributed by atoms with van der Waals surface area (Å²) in [6.45, 7) is 7.49. The van der Waals surface area contributed by atoms with Crippen LogP contribution in [0.3, 0.4) is 0 Å². The molecular weight excluding hydrogens is 366 g/mol. The average Bonchev–Trinajstić information content (AvgIpc) is 3.36. The van der Waals surface area contributed by atoms with Gasteiger partial charge in [0, 0.05) is 0 Å². The Labute approximate surface area is 161 Å². The molecule has 0 radical (unpaired) electrons. The summed E-state index contributed by atoms with van der Waals surface area (Å²) < 4.78 is 25.6. The van der Waals surface area contributed by atoms with Crippen molar-refractivity contribution in [3.8, 4) is 0 Å². The van der Waals surface area contributed by atoms with Gasteiger partial charge in [0.25, 0.3) is 5.91 Å². The molecule has 1 saturated carbocycles. The number of amides is 2. The van der Waals surface area contributed by atoms with Gasteiger partial charge in [-0.25, -0.2) is 13.4 Å². The number of hydrogen-bond acceptors (Lipinski definition) is 5. The molecular formula is C19H29N3O4S. The third kappa shape index (κ3) is 5.76. The molecule has 27 heavy (non-hydrogen) atoms. The number of nitrogens with two attached hydrogens (primary N) is 1. The Balaban J connectivity index is 2.33. The van der Waals surface area contributed by atoms with Gasteiger partial charge < -0.3 is 11.1 Å². The number of sulfone groups is 1. The number of nitrogens with one attached hydrogen (secondary N) is 1. The fourth-order valence-electron chi connectivity index (χ4n) is 3.00. The maximum absolute atomic E-state index is 12.8. The summed E-state index contributed by atoms with van der Waals surface area (Å²) in [5.41, 5.74) is 6.03. The first-order chi connectivity index (χ1) is 12.5. The van der Waals surface area contributed by atoms with E-state index in [-0.39, 0.29) is 34.2 Å². The summed E-state index contributed by atoms with van der Waals surface area (Å²) in [6.07, 6.45) is 2.25. The van der Waals surface area contributed by atoms with Crippen LogP contribution in [0.5, 0.6) is 0 Å². The Bertz CT molecular complexity index is 814. The maximum atomic E-state index is 12.8. The van der Waals surface area contributed by atoms with Gasteiger partial charge in [-0.2, -0.15) is 0 Å². The van der Waals surface area contributed by atoms with Crippen LogP contribution in [0.25, 0.3) is 0 Å². The highest BCUT2D eigenvalue weighted by molar-refractivity contribution is 7.91. The van der Waals surface area contributed by atoms with Crippen LogP contribution >= 0.6 is 0 Å². The van der Waals surface area contributed by atoms with E-state index >= 15 is 0 Å². The number of carbonyl (C=O) groups excluding carboxylic acids is 2. The monoisotopic (exact) mass is 395 g/mol. The van der Waals surface area contributed by atoms with E-state index in [9.17, 15) is 18.0 Å². The number of rotatable bonds is 9. The molecule has 1 fully saturated rings. The zero-order valence-corrected chi connectivity index (χ0v) is 17.2. The van der Waals surface area contributed by atoms with Gasteiger partial charge in [0.15, 0.2) is 14.9 Å². The minimum atomic E-state index is -3.60. The predicted molar refractivity (Wildman–Crippen MR) is 103 cm³/mol. The number of nitrogens with zero attached hydrogens (tertiary/aromatic N) is 1. The van der Waals surface area contributed by atoms with Crippen LogP contribution in [0.4, 0.5) is 0 Å². The van der Waals surface area contributed by atoms with E-state index in [1.165, 1.54) is 6.07 Å². The largest absolute Gasteiger partial charge is 0.368 e. The van der Waals surface area contributed by atoms with Gasteiger partial charge in [0.05, 0.1) is 5.75 Å². The molecule has 0 spiro atoms. The van der Waals surface area contributed by atoms with Crippen LogP contribution in [0.2, 0.25) is 0 Å². The van der Waals surface area contributed by atoms with Gasteiger partial charge in [0.1, 0.15) is 11.7 Å². The van der Waals surface area contributed by atoms with Crippen LogP contribution in [-0.2, 0) is 14.6 Å². The number of hydrogen-bond donors (Lipinski definition) is 2. The first kappa shape index (κ1) is 21.3. The number of carbonyl (C=O) groups is 2. The Kier molecular flexibility index (Phi) is 6.62. The minimum absolute atomic E-state index is 0.00849. The lowest BCUT2D eigenvalue weighted by Crippen LogP contribution is -2.45. The summed E-state index contributed by atoms with van der Waals surface area (Å²) in [4.78, 5) is 28.4. The number of aromatic nitrogens is 1. The van der Waals surface area contributed by atoms with Crippen molar-refractivity contribution in [2.75, 3.05) is 5.75 Å². The van der Waals surface area contributed by atoms with Gasteiger partial charge in [-0.05, 0) is 48.6 Å². The molecule has 1 atom stereocenters. The summed E-state index contributed by atoms with van der Waals surface area (Å²) in [6, 6.07) is 2.37. The van der Waals surface area contributed by atoms with Crippen molar-refractivity contribution in [2.45, 2.75) is 63.9 Å². The van der Waals surface area contributed by atoms with Gasteiger partial charge in [-0.3, -0.25) is 9.59 Å². The van der Waals surface area contributed by atoms with Crippen LogP contribution in [-0.4, -0.2) is 37.0 Å². The molecule has 0 aromatic carbocycles. The van der Waals surface area contributed by atoms with Gasteiger partial charge in [0.2, 0.25) is 5.91 Å². The van der Waals surface area contributed by atoms with Crippen LogP contribution in [0.15, 0.2) is 17.2 Å². The molecule has 0 aliphatic heterocycles. The third-order valence-electron chi connectivity index (χ3n) is 4.34. The van der Waals surface area contributed by atoms with Crippen molar-refractivity contribution in [1.29, 1.82) is 0 Å². The van der Waals surface area contributed by atoms with Crippen molar-refractivity contribution in [3.63, 3.8) is 0 Å². The maximum Gasteiger partial charge on any atom is 0.270 e. The Hall–Kier alpha value is -1.96. The second kappa shape index (κ2) is 8.37. The average molecular weight is 396 g/mol. The van der Waals surface area contributed by atoms with E-state index in [1.54, 1.807) is 6.07 Å². The first-order valence-corrected chi connectivity index (χ1v) is 11.0. The van der Waals surface area contributed by atoms with Gasteiger partial charge in [-0.15, -0.1) is 0 Å². The SMILES string of the molecule is CC(C)C[C@H](NC(=O)c1ccc(C2CC2)c(S(=O)(=O)CC(C)C)n1)C(N)=O. The molecule has 8 heteroatoms. The molecule has 0 bridgehead atoms. The van der Waals surface area contributed by atoms with Crippen molar-refractivity contribution in [3.05, 3.63) is 23.4 Å². The Morgan fingerprint density at radius 3 is 2.30 bits per heavy atom. The van der Waals surface area contributed by atoms with E-state index < -0.39 is 27.7 Å². The molecule has 1 aromatic rings. The second-order valence-electron chi connectivity index (χ2n) is 8.10. The van der Waals surface area contributed by atoms with Gasteiger partial charge in [-0.1, -0.05) is 33.8 Å². The third-order valence-corrected chi connectivity index (χ3v) is 6.36. The zero-order valence-electron chi connectivity index (χ0n) is 16.4. The fraction of sp³-hybridized carbons (Fsp3) is 0.632. The molecule has 0 saturated heterocycles. The van der Waals surface area contributed by atoms with Crippen molar-refractivity contribution < 1.29 is 18.0 Å². The molecule has 3 N–H and O–H groups in total. The lowest BCUT2D eigenvalue weighted by Gasteiger charge is -2.18. The normalized spacial score (nSPS) is 15.8. The lowest BCUT2D eigenvalue weighted by atomic mass is 10.0. The molecule has 1 aromatic heterocycles. The molecule has 1 aliphatic carbocycles. The smallest absolute Gasteiger partial charge is 0.270 e. The van der Waals surface area contributed by atoms with E-state index in [0.29, 0.717) is 12.0 Å². The lowest BCUT2D eigenvalue weighted by molar-refractivity contribution is -0.120. The van der Waals surface area contributed by atoms with Crippen molar-refractivity contribution >= 4 is 21.7 Å². The van der Waals surface area contributed by atoms with E-state index in [0.717, 1.165) is 12.8 Å². The molecule has 7 nitrogen and oxygen atoms in total. The quantitative estimate of drug-likeness (QED) is 0.663. The fourth-order valence-corrected chi connectivity index (χ4v) is 4.87. The molecule has 0 unspecified atom stereocenters. The minimum Gasteiger partial charge on any atom is -0.368 e. The standard InChI is InChI=1S/C19H29N3O4S/c1-11(2)9-16(17(20)23)21-18(24)15-8-7-14(13-5-6-13)19(22-15)27(25,26)10-12(3)4/h7-8,11-13,16H,5-6,9-10H2,1-4H3,(H2,20,23)(H,21,24)/t16-/m0/s1. The second-order valence-corrected chi connectivity index (χ2v) is 10.0. The topological polar surface area (TPSA) is 119 Å². The molecule has 2 rings (SSSR count). The predicted octanol–water partition coefficient (Wildman–Crippen LogP) is 2.02. The van der Waals surface area contributed by atoms with Crippen molar-refractivity contribution in [2.24, 2.45) is 17.6 Å². The molecule has 2 amide bonds. The Morgan fingerprint density at radius 1 is 1.19 bits per heavy atom. The van der Waals surface area contributed by atoms with Crippen LogP contribution in [0.1, 0.15) is 68.9 Å². The highest BCUT2D eigenvalue weighted by Crippen LogP contribution is 2.42. The summed E-state index contributed by atoms with van der Waals surface area (Å²) in [5, 5.41) is 2.57. The van der Waals surface area contributed by atoms with E-state index in [2.05, 4.69) is 10.3 Å². The van der Waals surface area contributed by atoms with E-state index in [1.807, 2.05) is 27.7 Å². The number of pyridine rings is 1. The van der Waals surface area contributed by atoms with Crippen LogP contribution in [0, 0.1) is 11.8 Å². The highest BCUT2D eigenvalue weighted by atomic mass is 32.2. The molecule has 1 heterocycles. The number of primary amides is 1. The van der Waals surface area contributed by atoms with Crippen LogP contribution < -0.4 is 11.1 Å². The van der Waals surface area contributed by atoms with Crippen molar-refractivity contribution in [1.82, 2.24) is 10.3 Å². The highest BCUT2D eigenvalue weighted by Gasteiger charge is 2.33.